The second-order valence-corrected chi connectivity index (χ2v) is 4.74. The van der Waals surface area contributed by atoms with Crippen molar-refractivity contribution in [2.24, 2.45) is 0 Å². The lowest BCUT2D eigenvalue weighted by Crippen LogP contribution is -2.18. The Morgan fingerprint density at radius 3 is 3.09 bits per heavy atom. The highest BCUT2D eigenvalue weighted by atomic mass is 19.1. The summed E-state index contributed by atoms with van der Waals surface area (Å²) in [7, 11) is 0. The first-order valence-electron chi connectivity index (χ1n) is 6.55. The van der Waals surface area contributed by atoms with Gasteiger partial charge in [-0.25, -0.2) is 4.39 Å². The highest BCUT2D eigenvalue weighted by Gasteiger charge is 2.10. The molecule has 8 heteroatoms. The Balaban J connectivity index is 1.56. The van der Waals surface area contributed by atoms with Crippen molar-refractivity contribution >= 4 is 22.6 Å². The molecule has 2 aromatic heterocycles. The lowest BCUT2D eigenvalue weighted by Gasteiger charge is -2.03. The van der Waals surface area contributed by atoms with Crippen LogP contribution in [0.5, 0.6) is 0 Å². The van der Waals surface area contributed by atoms with E-state index in [1.54, 1.807) is 19.1 Å². The molecule has 0 saturated heterocycles. The Morgan fingerprint density at radius 1 is 1.45 bits per heavy atom. The van der Waals surface area contributed by atoms with E-state index >= 15 is 0 Å². The second kappa shape index (κ2) is 5.94. The molecular formula is C14H13FN4O3. The number of fused-ring (bicyclic) bond motifs is 1. The van der Waals surface area contributed by atoms with Gasteiger partial charge in [0.15, 0.2) is 11.6 Å². The van der Waals surface area contributed by atoms with Gasteiger partial charge in [-0.15, -0.1) is 0 Å². The van der Waals surface area contributed by atoms with Crippen molar-refractivity contribution in [3.63, 3.8) is 0 Å². The van der Waals surface area contributed by atoms with Crippen LogP contribution < -0.4 is 5.32 Å². The maximum absolute atomic E-state index is 13.1. The number of aromatic amines is 1. The van der Waals surface area contributed by atoms with E-state index in [0.29, 0.717) is 22.5 Å². The van der Waals surface area contributed by atoms with Crippen molar-refractivity contribution < 1.29 is 18.4 Å². The molecule has 22 heavy (non-hydrogen) atoms. The van der Waals surface area contributed by atoms with Crippen LogP contribution in [0, 0.1) is 12.7 Å². The zero-order valence-corrected chi connectivity index (χ0v) is 11.7. The number of nitrogens with one attached hydrogen (secondary N) is 2. The molecule has 0 atom stereocenters. The number of carbonyl (C=O) groups excluding carboxylic acids is 1. The monoisotopic (exact) mass is 304 g/mol. The summed E-state index contributed by atoms with van der Waals surface area (Å²) >= 11 is 0. The molecule has 0 aliphatic rings. The van der Waals surface area contributed by atoms with E-state index in [2.05, 4.69) is 20.7 Å². The molecule has 7 nitrogen and oxygen atoms in total. The number of rotatable bonds is 5. The number of nitrogens with zero attached hydrogens (tertiary/aromatic N) is 2. The normalized spacial score (nSPS) is 11.0. The fourth-order valence-electron chi connectivity index (χ4n) is 1.98. The van der Waals surface area contributed by atoms with Crippen molar-refractivity contribution in [2.45, 2.75) is 13.5 Å². The SMILES string of the molecule is Cc1cc(COCC(=O)Nc2n[nH]c3cc(F)ccc23)on1. The number of carbonyl (C=O) groups is 1. The number of aromatic nitrogens is 3. The smallest absolute Gasteiger partial charge is 0.251 e. The van der Waals surface area contributed by atoms with E-state index in [9.17, 15) is 9.18 Å². The molecule has 0 bridgehead atoms. The van der Waals surface area contributed by atoms with Crippen LogP contribution in [0.1, 0.15) is 11.5 Å². The van der Waals surface area contributed by atoms with Crippen molar-refractivity contribution in [1.82, 2.24) is 15.4 Å². The van der Waals surface area contributed by atoms with Gasteiger partial charge in [0.1, 0.15) is 19.0 Å². The molecule has 114 valence electrons. The first-order chi connectivity index (χ1) is 10.6. The third kappa shape index (κ3) is 3.12. The number of aryl methyl sites for hydroxylation is 1. The van der Waals surface area contributed by atoms with Crippen LogP contribution >= 0.6 is 0 Å². The van der Waals surface area contributed by atoms with Crippen LogP contribution in [-0.4, -0.2) is 27.9 Å². The van der Waals surface area contributed by atoms with Gasteiger partial charge in [-0.05, 0) is 25.1 Å². The van der Waals surface area contributed by atoms with E-state index in [0.717, 1.165) is 5.69 Å². The third-order valence-electron chi connectivity index (χ3n) is 2.94. The average Bonchev–Trinajstić information content (AvgIpc) is 3.05. The molecule has 3 aromatic rings. The summed E-state index contributed by atoms with van der Waals surface area (Å²) < 4.78 is 23.3. The summed E-state index contributed by atoms with van der Waals surface area (Å²) in [5.74, 6) is 0.138. The molecule has 0 spiro atoms. The quantitative estimate of drug-likeness (QED) is 0.753. The van der Waals surface area contributed by atoms with Crippen LogP contribution in [0.25, 0.3) is 10.9 Å². The summed E-state index contributed by atoms with van der Waals surface area (Å²) in [6.45, 7) is 1.79. The first kappa shape index (κ1) is 14.2. The number of ether oxygens (including phenoxy) is 1. The zero-order valence-electron chi connectivity index (χ0n) is 11.7. The molecule has 0 aliphatic carbocycles. The molecule has 0 saturated carbocycles. The van der Waals surface area contributed by atoms with Crippen molar-refractivity contribution in [3.8, 4) is 0 Å². The fraction of sp³-hybridized carbons (Fsp3) is 0.214. The molecule has 0 radical (unpaired) electrons. The van der Waals surface area contributed by atoms with Gasteiger partial charge in [-0.3, -0.25) is 9.89 Å². The lowest BCUT2D eigenvalue weighted by molar-refractivity contribution is -0.121. The maximum atomic E-state index is 13.1. The topological polar surface area (TPSA) is 93.0 Å². The highest BCUT2D eigenvalue weighted by molar-refractivity contribution is 5.99. The van der Waals surface area contributed by atoms with Crippen LogP contribution in [-0.2, 0) is 16.1 Å². The van der Waals surface area contributed by atoms with Crippen molar-refractivity contribution in [2.75, 3.05) is 11.9 Å². The standard InChI is InChI=1S/C14H13FN4O3/c1-8-4-10(22-19-8)6-21-7-13(20)16-14-11-3-2-9(15)5-12(11)17-18-14/h2-5H,6-7H2,1H3,(H2,16,17,18,20). The summed E-state index contributed by atoms with van der Waals surface area (Å²) in [4.78, 5) is 11.8. The average molecular weight is 304 g/mol. The van der Waals surface area contributed by atoms with Crippen LogP contribution in [0.4, 0.5) is 10.2 Å². The molecule has 1 aromatic carbocycles. The predicted molar refractivity (Wildman–Crippen MR) is 75.6 cm³/mol. The Morgan fingerprint density at radius 2 is 2.32 bits per heavy atom. The number of H-pyrrole nitrogens is 1. The van der Waals surface area contributed by atoms with Crippen molar-refractivity contribution in [1.29, 1.82) is 0 Å². The van der Waals surface area contributed by atoms with Gasteiger partial charge in [0.05, 0.1) is 11.2 Å². The Hall–Kier alpha value is -2.74. The minimum Gasteiger partial charge on any atom is -0.364 e. The molecule has 0 aliphatic heterocycles. The first-order valence-corrected chi connectivity index (χ1v) is 6.55. The van der Waals surface area contributed by atoms with Gasteiger partial charge < -0.3 is 14.6 Å². The van der Waals surface area contributed by atoms with Crippen LogP contribution in [0.15, 0.2) is 28.8 Å². The Labute approximate surface area is 124 Å². The summed E-state index contributed by atoms with van der Waals surface area (Å²) in [6, 6.07) is 5.88. The molecule has 1 amide bonds. The molecule has 2 heterocycles. The molecular weight excluding hydrogens is 291 g/mol. The maximum Gasteiger partial charge on any atom is 0.251 e. The zero-order chi connectivity index (χ0) is 15.5. The molecule has 3 rings (SSSR count). The summed E-state index contributed by atoms with van der Waals surface area (Å²) in [5, 5.41) is 13.5. The number of benzene rings is 1. The van der Waals surface area contributed by atoms with E-state index in [-0.39, 0.29) is 24.9 Å². The Kier molecular flexibility index (Phi) is 3.84. The minimum absolute atomic E-state index is 0.154. The lowest BCUT2D eigenvalue weighted by atomic mass is 10.2. The highest BCUT2D eigenvalue weighted by Crippen LogP contribution is 2.20. The number of anilines is 1. The summed E-state index contributed by atoms with van der Waals surface area (Å²) in [6.07, 6.45) is 0. The van der Waals surface area contributed by atoms with Gasteiger partial charge in [0, 0.05) is 11.5 Å². The molecule has 0 fully saturated rings. The van der Waals surface area contributed by atoms with E-state index in [4.69, 9.17) is 9.26 Å². The molecule has 2 N–H and O–H groups in total. The number of hydrogen-bond acceptors (Lipinski definition) is 5. The second-order valence-electron chi connectivity index (χ2n) is 4.74. The number of amides is 1. The van der Waals surface area contributed by atoms with Gasteiger partial charge in [-0.1, -0.05) is 5.16 Å². The largest absolute Gasteiger partial charge is 0.364 e. The van der Waals surface area contributed by atoms with Gasteiger partial charge in [-0.2, -0.15) is 5.10 Å². The van der Waals surface area contributed by atoms with Crippen LogP contribution in [0.2, 0.25) is 0 Å². The Bertz CT molecular complexity index is 811. The summed E-state index contributed by atoms with van der Waals surface area (Å²) in [5.41, 5.74) is 1.26. The van der Waals surface area contributed by atoms with E-state index in [1.807, 2.05) is 0 Å². The van der Waals surface area contributed by atoms with Gasteiger partial charge in [0.2, 0.25) is 0 Å². The minimum atomic E-state index is -0.375. The predicted octanol–water partition coefficient (Wildman–Crippen LogP) is 2.15. The van der Waals surface area contributed by atoms with Gasteiger partial charge >= 0.3 is 0 Å². The van der Waals surface area contributed by atoms with E-state index < -0.39 is 0 Å². The third-order valence-corrected chi connectivity index (χ3v) is 2.94. The molecule has 0 unspecified atom stereocenters. The van der Waals surface area contributed by atoms with E-state index in [1.165, 1.54) is 12.1 Å². The fourth-order valence-corrected chi connectivity index (χ4v) is 1.98. The van der Waals surface area contributed by atoms with Gasteiger partial charge in [0.25, 0.3) is 5.91 Å². The number of hydrogen-bond donors (Lipinski definition) is 2. The van der Waals surface area contributed by atoms with Crippen molar-refractivity contribution in [3.05, 3.63) is 41.5 Å². The number of halogens is 1. The van der Waals surface area contributed by atoms with Crippen LogP contribution in [0.3, 0.4) is 0 Å².